The van der Waals surface area contributed by atoms with E-state index in [1.165, 1.54) is 5.01 Å². The lowest BCUT2D eigenvalue weighted by Gasteiger charge is -2.52. The Morgan fingerprint density at radius 2 is 2.12 bits per heavy atom. The van der Waals surface area contributed by atoms with Crippen LogP contribution in [0.5, 0.6) is 0 Å². The van der Waals surface area contributed by atoms with Crippen LogP contribution < -0.4 is 5.32 Å². The van der Waals surface area contributed by atoms with Gasteiger partial charge in [0.25, 0.3) is 5.91 Å². The topological polar surface area (TPSA) is 96.7 Å². The summed E-state index contributed by atoms with van der Waals surface area (Å²) >= 11 is 1.71. The molecule has 2 aromatic rings. The van der Waals surface area contributed by atoms with Crippen molar-refractivity contribution in [1.29, 1.82) is 0 Å². The number of halogens is 3. The lowest BCUT2D eigenvalue weighted by Crippen LogP contribution is -2.64. The summed E-state index contributed by atoms with van der Waals surface area (Å²) in [7, 11) is 1.89. The van der Waals surface area contributed by atoms with E-state index < -0.39 is 12.1 Å². The van der Waals surface area contributed by atoms with Crippen molar-refractivity contribution in [2.75, 3.05) is 26.2 Å². The molecule has 1 spiro atoms. The van der Waals surface area contributed by atoms with Gasteiger partial charge in [-0.1, -0.05) is 0 Å². The number of aromatic nitrogens is 2. The SMILES string of the molecule is Cn1cccc1C(=O)NCC1CCC2(CN(Cc3nccs3)C2)OC1.O=C(O)C(F)(F)F. The van der Waals surface area contributed by atoms with Crippen molar-refractivity contribution in [2.45, 2.75) is 31.2 Å². The number of aliphatic carboxylic acids is 1. The minimum atomic E-state index is -5.08. The Labute approximate surface area is 187 Å². The van der Waals surface area contributed by atoms with Crippen LogP contribution >= 0.6 is 11.3 Å². The number of carboxylic acids is 1. The minimum Gasteiger partial charge on any atom is -0.475 e. The largest absolute Gasteiger partial charge is 0.490 e. The first-order chi connectivity index (χ1) is 15.1. The molecule has 0 radical (unpaired) electrons. The number of amides is 1. The molecule has 0 aliphatic carbocycles. The predicted octanol–water partition coefficient (Wildman–Crippen LogP) is 2.53. The second-order valence-electron chi connectivity index (χ2n) is 7.99. The average Bonchev–Trinajstić information content (AvgIpc) is 3.37. The van der Waals surface area contributed by atoms with Crippen molar-refractivity contribution in [3.05, 3.63) is 40.6 Å². The average molecular weight is 475 g/mol. The van der Waals surface area contributed by atoms with E-state index in [0.29, 0.717) is 18.2 Å². The zero-order valence-electron chi connectivity index (χ0n) is 17.5. The second kappa shape index (κ2) is 10.0. The summed E-state index contributed by atoms with van der Waals surface area (Å²) in [5.74, 6) is -2.36. The molecular weight excluding hydrogens is 449 g/mol. The molecular formula is C20H25F3N4O4S. The molecule has 2 aromatic heterocycles. The fourth-order valence-corrected chi connectivity index (χ4v) is 4.41. The molecule has 1 amide bonds. The van der Waals surface area contributed by atoms with Crippen LogP contribution in [0, 0.1) is 5.92 Å². The monoisotopic (exact) mass is 474 g/mol. The van der Waals surface area contributed by atoms with E-state index in [9.17, 15) is 18.0 Å². The minimum absolute atomic E-state index is 0.00828. The zero-order chi connectivity index (χ0) is 23.4. The smallest absolute Gasteiger partial charge is 0.475 e. The highest BCUT2D eigenvalue weighted by atomic mass is 32.1. The molecule has 8 nitrogen and oxygen atoms in total. The second-order valence-corrected chi connectivity index (χ2v) is 8.97. The van der Waals surface area contributed by atoms with Crippen LogP contribution in [0.15, 0.2) is 29.9 Å². The van der Waals surface area contributed by atoms with Gasteiger partial charge in [-0.25, -0.2) is 9.78 Å². The summed E-state index contributed by atoms with van der Waals surface area (Å²) in [4.78, 5) is 27.8. The van der Waals surface area contributed by atoms with Gasteiger partial charge in [0, 0.05) is 44.5 Å². The van der Waals surface area contributed by atoms with E-state index in [-0.39, 0.29) is 11.5 Å². The molecule has 0 aromatic carbocycles. The summed E-state index contributed by atoms with van der Waals surface area (Å²) in [6, 6.07) is 3.73. The number of alkyl halides is 3. The van der Waals surface area contributed by atoms with E-state index in [2.05, 4.69) is 15.2 Å². The molecule has 2 aliphatic heterocycles. The Hall–Kier alpha value is -2.44. The predicted molar refractivity (Wildman–Crippen MR) is 110 cm³/mol. The number of nitrogens with one attached hydrogen (secondary N) is 1. The third-order valence-electron chi connectivity index (χ3n) is 5.47. The van der Waals surface area contributed by atoms with Gasteiger partial charge in [-0.15, -0.1) is 11.3 Å². The summed E-state index contributed by atoms with van der Waals surface area (Å²) in [6.45, 7) is 4.34. The summed E-state index contributed by atoms with van der Waals surface area (Å²) in [5.41, 5.74) is 0.737. The Balaban J connectivity index is 0.000000360. The first kappa shape index (κ1) is 24.2. The molecule has 2 fully saturated rings. The molecule has 4 heterocycles. The van der Waals surface area contributed by atoms with Gasteiger partial charge in [0.15, 0.2) is 0 Å². The molecule has 1 atom stereocenters. The zero-order valence-corrected chi connectivity index (χ0v) is 18.3. The van der Waals surface area contributed by atoms with Crippen LogP contribution in [-0.2, 0) is 23.1 Å². The van der Waals surface area contributed by atoms with Gasteiger partial charge in [-0.3, -0.25) is 9.69 Å². The van der Waals surface area contributed by atoms with E-state index in [0.717, 1.165) is 39.1 Å². The summed E-state index contributed by atoms with van der Waals surface area (Å²) < 4.78 is 39.8. The highest BCUT2D eigenvalue weighted by Crippen LogP contribution is 2.36. The Morgan fingerprint density at radius 3 is 2.62 bits per heavy atom. The lowest BCUT2D eigenvalue weighted by molar-refractivity contribution is -0.192. The van der Waals surface area contributed by atoms with Gasteiger partial charge in [0.1, 0.15) is 10.7 Å². The number of hydrogen-bond acceptors (Lipinski definition) is 6. The fourth-order valence-electron chi connectivity index (χ4n) is 3.76. The first-order valence-electron chi connectivity index (χ1n) is 10.0. The Bertz CT molecular complexity index is 900. The summed E-state index contributed by atoms with van der Waals surface area (Å²) in [6.07, 6.45) is 0.849. The van der Waals surface area contributed by atoms with Crippen LogP contribution in [0.2, 0.25) is 0 Å². The number of aryl methyl sites for hydroxylation is 1. The van der Waals surface area contributed by atoms with Gasteiger partial charge in [-0.2, -0.15) is 13.2 Å². The lowest BCUT2D eigenvalue weighted by atomic mass is 9.83. The van der Waals surface area contributed by atoms with Crippen molar-refractivity contribution in [3.8, 4) is 0 Å². The highest BCUT2D eigenvalue weighted by Gasteiger charge is 2.46. The van der Waals surface area contributed by atoms with Crippen molar-refractivity contribution in [3.63, 3.8) is 0 Å². The van der Waals surface area contributed by atoms with Crippen molar-refractivity contribution in [1.82, 2.24) is 19.8 Å². The maximum atomic E-state index is 12.2. The molecule has 2 N–H and O–H groups in total. The quantitative estimate of drug-likeness (QED) is 0.692. The Morgan fingerprint density at radius 1 is 1.41 bits per heavy atom. The van der Waals surface area contributed by atoms with Crippen LogP contribution in [0.25, 0.3) is 0 Å². The highest BCUT2D eigenvalue weighted by molar-refractivity contribution is 7.09. The first-order valence-corrected chi connectivity index (χ1v) is 10.9. The van der Waals surface area contributed by atoms with Gasteiger partial charge in [0.2, 0.25) is 0 Å². The molecule has 32 heavy (non-hydrogen) atoms. The van der Waals surface area contributed by atoms with Gasteiger partial charge >= 0.3 is 12.1 Å². The molecule has 12 heteroatoms. The maximum Gasteiger partial charge on any atom is 0.490 e. The Kier molecular flexibility index (Phi) is 7.57. The van der Waals surface area contributed by atoms with Gasteiger partial charge < -0.3 is 19.7 Å². The van der Waals surface area contributed by atoms with Crippen LogP contribution in [0.1, 0.15) is 28.3 Å². The number of hydrogen-bond donors (Lipinski definition) is 2. The standard InChI is InChI=1S/C18H24N4O2S.C2HF3O2/c1-21-7-2-3-15(21)17(23)20-9-14-4-5-18(24-11-14)12-22(13-18)10-16-19-6-8-25-16;3-2(4,5)1(6)7/h2-3,6-8,14H,4-5,9-13H2,1H3,(H,20,23);(H,6,7). The number of ether oxygens (including phenoxy) is 1. The molecule has 0 bridgehead atoms. The number of carbonyl (C=O) groups excluding carboxylic acids is 1. The number of nitrogens with zero attached hydrogens (tertiary/aromatic N) is 3. The van der Waals surface area contributed by atoms with Crippen molar-refractivity contribution in [2.24, 2.45) is 13.0 Å². The van der Waals surface area contributed by atoms with E-state index >= 15 is 0 Å². The molecule has 176 valence electrons. The van der Waals surface area contributed by atoms with E-state index in [1.54, 1.807) is 11.3 Å². The molecule has 2 aliphatic rings. The van der Waals surface area contributed by atoms with Crippen LogP contribution in [0.3, 0.4) is 0 Å². The van der Waals surface area contributed by atoms with Gasteiger partial charge in [0.05, 0.1) is 18.8 Å². The molecule has 2 saturated heterocycles. The number of likely N-dealkylation sites (tertiary alicyclic amines) is 1. The third-order valence-corrected chi connectivity index (χ3v) is 6.23. The van der Waals surface area contributed by atoms with E-state index in [4.69, 9.17) is 14.6 Å². The molecule has 4 rings (SSSR count). The van der Waals surface area contributed by atoms with Gasteiger partial charge in [-0.05, 0) is 30.9 Å². The fraction of sp³-hybridized carbons (Fsp3) is 0.550. The number of rotatable bonds is 5. The summed E-state index contributed by atoms with van der Waals surface area (Å²) in [5, 5.41) is 13.4. The number of thiazole rings is 1. The van der Waals surface area contributed by atoms with E-state index in [1.807, 2.05) is 41.5 Å². The van der Waals surface area contributed by atoms with Crippen LogP contribution in [-0.4, -0.2) is 69.5 Å². The van der Waals surface area contributed by atoms with Crippen molar-refractivity contribution < 1.29 is 32.6 Å². The van der Waals surface area contributed by atoms with Crippen molar-refractivity contribution >= 4 is 23.2 Å². The maximum absolute atomic E-state index is 12.2. The number of carbonyl (C=O) groups is 2. The molecule has 0 saturated carbocycles. The number of carboxylic acid groups (broad SMARTS) is 1. The van der Waals surface area contributed by atoms with Crippen LogP contribution in [0.4, 0.5) is 13.2 Å². The normalized spacial score (nSPS) is 20.2. The third kappa shape index (κ3) is 6.30. The molecule has 1 unspecified atom stereocenters.